The average molecular weight is 265 g/mol. The Balaban J connectivity index is 2.00. The lowest BCUT2D eigenvalue weighted by Crippen LogP contribution is -2.10. The standard InChI is InChI=1S/C19H23N/c1-2-19(20)16-10-6-9-15(13-16)18-12-4-3-11-17(18)14-7-5-8-14/h3-4,6,9-14,19H,2,5,7-8,20H2,1H3. The van der Waals surface area contributed by atoms with Crippen LogP contribution < -0.4 is 5.73 Å². The molecular formula is C19H23N. The summed E-state index contributed by atoms with van der Waals surface area (Å²) >= 11 is 0. The first-order valence-electron chi connectivity index (χ1n) is 7.74. The second-order valence-electron chi connectivity index (χ2n) is 5.86. The van der Waals surface area contributed by atoms with Gasteiger partial charge in [-0.3, -0.25) is 0 Å². The molecule has 1 atom stereocenters. The van der Waals surface area contributed by atoms with Crippen LogP contribution in [0.5, 0.6) is 0 Å². The predicted octanol–water partition coefficient (Wildman–Crippen LogP) is 5.03. The third kappa shape index (κ3) is 2.51. The van der Waals surface area contributed by atoms with E-state index >= 15 is 0 Å². The maximum absolute atomic E-state index is 6.18. The summed E-state index contributed by atoms with van der Waals surface area (Å²) in [6, 6.07) is 17.8. The van der Waals surface area contributed by atoms with Crippen LogP contribution in [-0.2, 0) is 0 Å². The van der Waals surface area contributed by atoms with Crippen LogP contribution in [0.2, 0.25) is 0 Å². The van der Waals surface area contributed by atoms with Crippen LogP contribution in [0.3, 0.4) is 0 Å². The van der Waals surface area contributed by atoms with Crippen molar-refractivity contribution < 1.29 is 0 Å². The second-order valence-corrected chi connectivity index (χ2v) is 5.86. The van der Waals surface area contributed by atoms with E-state index in [1.807, 2.05) is 0 Å². The van der Waals surface area contributed by atoms with Crippen LogP contribution in [-0.4, -0.2) is 0 Å². The molecule has 0 heterocycles. The molecule has 0 radical (unpaired) electrons. The van der Waals surface area contributed by atoms with E-state index in [0.717, 1.165) is 12.3 Å². The van der Waals surface area contributed by atoms with E-state index in [4.69, 9.17) is 5.73 Å². The van der Waals surface area contributed by atoms with Crippen molar-refractivity contribution in [1.29, 1.82) is 0 Å². The van der Waals surface area contributed by atoms with Gasteiger partial charge in [-0.1, -0.05) is 55.8 Å². The van der Waals surface area contributed by atoms with E-state index in [1.54, 1.807) is 0 Å². The summed E-state index contributed by atoms with van der Waals surface area (Å²) in [5.74, 6) is 0.759. The molecule has 1 aliphatic carbocycles. The second kappa shape index (κ2) is 5.80. The van der Waals surface area contributed by atoms with Crippen molar-refractivity contribution in [3.63, 3.8) is 0 Å². The predicted molar refractivity (Wildman–Crippen MR) is 85.7 cm³/mol. The lowest BCUT2D eigenvalue weighted by Gasteiger charge is -2.28. The molecule has 1 nitrogen and oxygen atoms in total. The summed E-state index contributed by atoms with van der Waals surface area (Å²) in [5.41, 5.74) is 11.6. The Bertz CT molecular complexity index is 584. The highest BCUT2D eigenvalue weighted by molar-refractivity contribution is 5.69. The van der Waals surface area contributed by atoms with Gasteiger partial charge in [-0.25, -0.2) is 0 Å². The van der Waals surface area contributed by atoms with Gasteiger partial charge < -0.3 is 5.73 Å². The Morgan fingerprint density at radius 2 is 1.90 bits per heavy atom. The average Bonchev–Trinajstić information content (AvgIpc) is 2.45. The molecule has 1 aliphatic rings. The fourth-order valence-corrected chi connectivity index (χ4v) is 3.01. The minimum absolute atomic E-state index is 0.144. The summed E-state index contributed by atoms with van der Waals surface area (Å²) in [6.07, 6.45) is 5.03. The molecule has 1 fully saturated rings. The Morgan fingerprint density at radius 3 is 2.60 bits per heavy atom. The molecule has 0 aliphatic heterocycles. The fraction of sp³-hybridized carbons (Fsp3) is 0.368. The molecule has 0 amide bonds. The van der Waals surface area contributed by atoms with Crippen molar-refractivity contribution in [3.05, 3.63) is 59.7 Å². The van der Waals surface area contributed by atoms with Gasteiger partial charge >= 0.3 is 0 Å². The van der Waals surface area contributed by atoms with Crippen molar-refractivity contribution in [2.45, 2.75) is 44.6 Å². The highest BCUT2D eigenvalue weighted by atomic mass is 14.6. The molecule has 2 N–H and O–H groups in total. The molecule has 1 saturated carbocycles. The first-order valence-corrected chi connectivity index (χ1v) is 7.74. The van der Waals surface area contributed by atoms with E-state index in [1.165, 1.54) is 41.5 Å². The Labute approximate surface area is 121 Å². The molecule has 2 aromatic rings. The first-order chi connectivity index (χ1) is 9.79. The highest BCUT2D eigenvalue weighted by Crippen LogP contribution is 2.41. The molecular weight excluding hydrogens is 242 g/mol. The van der Waals surface area contributed by atoms with Crippen molar-refractivity contribution >= 4 is 0 Å². The molecule has 0 bridgehead atoms. The number of rotatable bonds is 4. The summed E-state index contributed by atoms with van der Waals surface area (Å²) in [7, 11) is 0. The lowest BCUT2D eigenvalue weighted by molar-refractivity contribution is 0.420. The van der Waals surface area contributed by atoms with Gasteiger partial charge in [0.05, 0.1) is 0 Å². The van der Waals surface area contributed by atoms with Crippen molar-refractivity contribution in [2.75, 3.05) is 0 Å². The third-order valence-electron chi connectivity index (χ3n) is 4.57. The molecule has 0 aromatic heterocycles. The van der Waals surface area contributed by atoms with Gasteiger partial charge in [-0.05, 0) is 53.5 Å². The van der Waals surface area contributed by atoms with Crippen molar-refractivity contribution in [3.8, 4) is 11.1 Å². The van der Waals surface area contributed by atoms with Gasteiger partial charge in [0, 0.05) is 6.04 Å². The van der Waals surface area contributed by atoms with E-state index in [2.05, 4.69) is 55.5 Å². The third-order valence-corrected chi connectivity index (χ3v) is 4.57. The maximum atomic E-state index is 6.18. The van der Waals surface area contributed by atoms with Gasteiger partial charge in [-0.2, -0.15) is 0 Å². The van der Waals surface area contributed by atoms with Gasteiger partial charge in [0.2, 0.25) is 0 Å². The van der Waals surface area contributed by atoms with Crippen LogP contribution in [0.4, 0.5) is 0 Å². The zero-order chi connectivity index (χ0) is 13.9. The van der Waals surface area contributed by atoms with Crippen molar-refractivity contribution in [2.24, 2.45) is 5.73 Å². The largest absolute Gasteiger partial charge is 0.324 e. The maximum Gasteiger partial charge on any atom is 0.0292 e. The minimum Gasteiger partial charge on any atom is -0.324 e. The zero-order valence-corrected chi connectivity index (χ0v) is 12.2. The van der Waals surface area contributed by atoms with E-state index in [0.29, 0.717) is 0 Å². The number of hydrogen-bond acceptors (Lipinski definition) is 1. The van der Waals surface area contributed by atoms with Gasteiger partial charge in [0.1, 0.15) is 0 Å². The molecule has 1 heteroatoms. The minimum atomic E-state index is 0.144. The Kier molecular flexibility index (Phi) is 3.88. The molecule has 1 unspecified atom stereocenters. The van der Waals surface area contributed by atoms with Crippen molar-refractivity contribution in [1.82, 2.24) is 0 Å². The molecule has 20 heavy (non-hydrogen) atoms. The Morgan fingerprint density at radius 1 is 1.10 bits per heavy atom. The quantitative estimate of drug-likeness (QED) is 0.824. The fourth-order valence-electron chi connectivity index (χ4n) is 3.01. The highest BCUT2D eigenvalue weighted by Gasteiger charge is 2.22. The van der Waals surface area contributed by atoms with Crippen LogP contribution in [0.15, 0.2) is 48.5 Å². The lowest BCUT2D eigenvalue weighted by atomic mass is 9.77. The van der Waals surface area contributed by atoms with Crippen LogP contribution in [0, 0.1) is 0 Å². The Hall–Kier alpha value is -1.60. The summed E-state index contributed by atoms with van der Waals surface area (Å²) in [5, 5.41) is 0. The van der Waals surface area contributed by atoms with Gasteiger partial charge in [0.15, 0.2) is 0 Å². The number of nitrogens with two attached hydrogens (primary N) is 1. The molecule has 0 saturated heterocycles. The van der Waals surface area contributed by atoms with Crippen LogP contribution >= 0.6 is 0 Å². The summed E-state index contributed by atoms with van der Waals surface area (Å²) < 4.78 is 0. The first kappa shape index (κ1) is 13.4. The molecule has 2 aromatic carbocycles. The van der Waals surface area contributed by atoms with Gasteiger partial charge in [0.25, 0.3) is 0 Å². The molecule has 104 valence electrons. The molecule has 0 spiro atoms. The number of benzene rings is 2. The van der Waals surface area contributed by atoms with E-state index < -0.39 is 0 Å². The van der Waals surface area contributed by atoms with Crippen LogP contribution in [0.25, 0.3) is 11.1 Å². The summed E-state index contributed by atoms with van der Waals surface area (Å²) in [4.78, 5) is 0. The van der Waals surface area contributed by atoms with E-state index in [-0.39, 0.29) is 6.04 Å². The SMILES string of the molecule is CCC(N)c1cccc(-c2ccccc2C2CCC2)c1. The normalized spacial score (nSPS) is 16.7. The smallest absolute Gasteiger partial charge is 0.0292 e. The zero-order valence-electron chi connectivity index (χ0n) is 12.2. The monoisotopic (exact) mass is 265 g/mol. The molecule has 3 rings (SSSR count). The van der Waals surface area contributed by atoms with Crippen LogP contribution in [0.1, 0.15) is 55.7 Å². The topological polar surface area (TPSA) is 26.0 Å². The number of hydrogen-bond donors (Lipinski definition) is 1. The van der Waals surface area contributed by atoms with E-state index in [9.17, 15) is 0 Å². The van der Waals surface area contributed by atoms with Gasteiger partial charge in [-0.15, -0.1) is 0 Å². The summed E-state index contributed by atoms with van der Waals surface area (Å²) in [6.45, 7) is 2.14.